The Morgan fingerprint density at radius 3 is 2.30 bits per heavy atom. The fourth-order valence-electron chi connectivity index (χ4n) is 2.34. The molecule has 0 unspecified atom stereocenters. The van der Waals surface area contributed by atoms with Gasteiger partial charge in [0.15, 0.2) is 0 Å². The molecule has 0 aliphatic rings. The lowest BCUT2D eigenvalue weighted by molar-refractivity contribution is -0.140. The predicted molar refractivity (Wildman–Crippen MR) is 89.0 cm³/mol. The second kappa shape index (κ2) is 8.39. The molecule has 0 fully saturated rings. The molecule has 1 atom stereocenters. The number of carboxylic acids is 1. The van der Waals surface area contributed by atoms with Gasteiger partial charge in [0.05, 0.1) is 0 Å². The van der Waals surface area contributed by atoms with Crippen LogP contribution in [-0.4, -0.2) is 27.1 Å². The van der Waals surface area contributed by atoms with Crippen LogP contribution in [0.2, 0.25) is 0 Å². The number of nitrogens with zero attached hydrogens (tertiary/aromatic N) is 2. The number of benzene rings is 1. The molecule has 0 saturated carbocycles. The molecule has 0 aliphatic carbocycles. The maximum Gasteiger partial charge on any atom is 0.320 e. The standard InChI is InChI=1S/C18H23N3O2/c1-13(2)17(18(22)23)21-12-15-10-19-16(20-11-15)9-8-14-6-4-3-5-7-14/h3-7,10-11,13,17,21H,8-9,12H2,1-2H3,(H,22,23)/t17-/m1/s1. The van der Waals surface area contributed by atoms with Gasteiger partial charge in [-0.1, -0.05) is 44.2 Å². The Labute approximate surface area is 136 Å². The Bertz CT molecular complexity index is 612. The van der Waals surface area contributed by atoms with Crippen molar-refractivity contribution in [3.05, 3.63) is 59.7 Å². The van der Waals surface area contributed by atoms with E-state index in [1.807, 2.05) is 32.0 Å². The van der Waals surface area contributed by atoms with Crippen LogP contribution in [0.4, 0.5) is 0 Å². The zero-order valence-corrected chi connectivity index (χ0v) is 13.6. The van der Waals surface area contributed by atoms with Crippen molar-refractivity contribution in [2.75, 3.05) is 0 Å². The Balaban J connectivity index is 1.85. The molecule has 23 heavy (non-hydrogen) atoms. The first-order valence-electron chi connectivity index (χ1n) is 7.86. The van der Waals surface area contributed by atoms with Crippen LogP contribution in [0.1, 0.15) is 30.8 Å². The molecule has 1 aromatic carbocycles. The van der Waals surface area contributed by atoms with Crippen LogP contribution in [-0.2, 0) is 24.2 Å². The third-order valence-corrected chi connectivity index (χ3v) is 3.70. The summed E-state index contributed by atoms with van der Waals surface area (Å²) in [4.78, 5) is 19.9. The van der Waals surface area contributed by atoms with Crippen molar-refractivity contribution >= 4 is 5.97 Å². The van der Waals surface area contributed by atoms with E-state index in [1.165, 1.54) is 5.56 Å². The van der Waals surface area contributed by atoms with E-state index in [4.69, 9.17) is 5.11 Å². The molecule has 0 aliphatic heterocycles. The average molecular weight is 313 g/mol. The summed E-state index contributed by atoms with van der Waals surface area (Å²) in [6, 6.07) is 9.68. The van der Waals surface area contributed by atoms with Gasteiger partial charge in [0, 0.05) is 30.9 Å². The minimum Gasteiger partial charge on any atom is -0.480 e. The second-order valence-corrected chi connectivity index (χ2v) is 5.93. The molecule has 0 spiro atoms. The van der Waals surface area contributed by atoms with Gasteiger partial charge in [0.25, 0.3) is 0 Å². The number of aromatic nitrogens is 2. The summed E-state index contributed by atoms with van der Waals surface area (Å²) in [6.07, 6.45) is 5.23. The van der Waals surface area contributed by atoms with Gasteiger partial charge in [0.1, 0.15) is 11.9 Å². The van der Waals surface area contributed by atoms with Gasteiger partial charge in [-0.3, -0.25) is 10.1 Å². The fraction of sp³-hybridized carbons (Fsp3) is 0.389. The normalized spacial score (nSPS) is 12.3. The fourth-order valence-corrected chi connectivity index (χ4v) is 2.34. The van der Waals surface area contributed by atoms with E-state index in [-0.39, 0.29) is 5.92 Å². The van der Waals surface area contributed by atoms with Crippen LogP contribution in [0.5, 0.6) is 0 Å². The zero-order chi connectivity index (χ0) is 16.7. The predicted octanol–water partition coefficient (Wildman–Crippen LogP) is 2.46. The lowest BCUT2D eigenvalue weighted by Crippen LogP contribution is -2.40. The molecule has 0 amide bonds. The molecule has 1 heterocycles. The highest BCUT2D eigenvalue weighted by molar-refractivity contribution is 5.73. The lowest BCUT2D eigenvalue weighted by Gasteiger charge is -2.17. The number of carboxylic acid groups (broad SMARTS) is 1. The summed E-state index contributed by atoms with van der Waals surface area (Å²) in [5, 5.41) is 12.2. The van der Waals surface area contributed by atoms with Crippen LogP contribution in [0.25, 0.3) is 0 Å². The molecule has 1 aromatic heterocycles. The first kappa shape index (κ1) is 17.1. The number of aryl methyl sites for hydroxylation is 2. The topological polar surface area (TPSA) is 75.1 Å². The third-order valence-electron chi connectivity index (χ3n) is 3.70. The van der Waals surface area contributed by atoms with Crippen LogP contribution >= 0.6 is 0 Å². The average Bonchev–Trinajstić information content (AvgIpc) is 2.54. The maximum absolute atomic E-state index is 11.1. The number of rotatable bonds is 8. The first-order chi connectivity index (χ1) is 11.1. The number of hydrogen-bond donors (Lipinski definition) is 2. The molecule has 0 radical (unpaired) electrons. The molecule has 2 aromatic rings. The highest BCUT2D eigenvalue weighted by Gasteiger charge is 2.20. The summed E-state index contributed by atoms with van der Waals surface area (Å²) in [6.45, 7) is 4.22. The summed E-state index contributed by atoms with van der Waals surface area (Å²) < 4.78 is 0. The van der Waals surface area contributed by atoms with E-state index >= 15 is 0 Å². The Morgan fingerprint density at radius 1 is 1.09 bits per heavy atom. The SMILES string of the molecule is CC(C)[C@@H](NCc1cnc(CCc2ccccc2)nc1)C(=O)O. The molecule has 2 rings (SSSR count). The van der Waals surface area contributed by atoms with E-state index in [2.05, 4.69) is 27.4 Å². The Kier molecular flexibility index (Phi) is 6.23. The van der Waals surface area contributed by atoms with Crippen molar-refractivity contribution < 1.29 is 9.90 Å². The first-order valence-corrected chi connectivity index (χ1v) is 7.86. The monoisotopic (exact) mass is 313 g/mol. The molecule has 5 heteroatoms. The molecule has 122 valence electrons. The molecule has 0 bridgehead atoms. The van der Waals surface area contributed by atoms with Gasteiger partial charge in [-0.25, -0.2) is 9.97 Å². The minimum absolute atomic E-state index is 0.0264. The minimum atomic E-state index is -0.833. The van der Waals surface area contributed by atoms with Crippen LogP contribution in [0, 0.1) is 5.92 Å². The summed E-state index contributed by atoms with van der Waals surface area (Å²) in [7, 11) is 0. The van der Waals surface area contributed by atoms with E-state index in [0.717, 1.165) is 24.2 Å². The smallest absolute Gasteiger partial charge is 0.320 e. The highest BCUT2D eigenvalue weighted by Crippen LogP contribution is 2.06. The van der Waals surface area contributed by atoms with Crippen molar-refractivity contribution in [3.63, 3.8) is 0 Å². The quantitative estimate of drug-likeness (QED) is 0.783. The number of hydrogen-bond acceptors (Lipinski definition) is 4. The van der Waals surface area contributed by atoms with Gasteiger partial charge in [0.2, 0.25) is 0 Å². The number of aliphatic carboxylic acids is 1. The van der Waals surface area contributed by atoms with Gasteiger partial charge in [-0.2, -0.15) is 0 Å². The van der Waals surface area contributed by atoms with E-state index < -0.39 is 12.0 Å². The lowest BCUT2D eigenvalue weighted by atomic mass is 10.0. The van der Waals surface area contributed by atoms with Gasteiger partial charge >= 0.3 is 5.97 Å². The molecule has 0 saturated heterocycles. The van der Waals surface area contributed by atoms with Gasteiger partial charge in [-0.05, 0) is 17.9 Å². The van der Waals surface area contributed by atoms with Crippen molar-refractivity contribution in [2.45, 2.75) is 39.3 Å². The van der Waals surface area contributed by atoms with Gasteiger partial charge < -0.3 is 5.11 Å². The largest absolute Gasteiger partial charge is 0.480 e. The van der Waals surface area contributed by atoms with E-state index in [9.17, 15) is 4.79 Å². The summed E-state index contributed by atoms with van der Waals surface area (Å²) in [5.74, 6) is -0.00443. The number of nitrogens with one attached hydrogen (secondary N) is 1. The summed E-state index contributed by atoms with van der Waals surface area (Å²) >= 11 is 0. The highest BCUT2D eigenvalue weighted by atomic mass is 16.4. The van der Waals surface area contributed by atoms with Crippen molar-refractivity contribution in [1.29, 1.82) is 0 Å². The summed E-state index contributed by atoms with van der Waals surface area (Å²) in [5.41, 5.74) is 2.16. The van der Waals surface area contributed by atoms with Crippen molar-refractivity contribution in [2.24, 2.45) is 5.92 Å². The van der Waals surface area contributed by atoms with Crippen molar-refractivity contribution in [1.82, 2.24) is 15.3 Å². The third kappa shape index (κ3) is 5.45. The Hall–Kier alpha value is -2.27. The van der Waals surface area contributed by atoms with Crippen LogP contribution in [0.3, 0.4) is 0 Å². The number of carbonyl (C=O) groups is 1. The zero-order valence-electron chi connectivity index (χ0n) is 13.6. The molecular formula is C18H23N3O2. The van der Waals surface area contributed by atoms with Crippen LogP contribution in [0.15, 0.2) is 42.7 Å². The van der Waals surface area contributed by atoms with E-state index in [0.29, 0.717) is 6.54 Å². The van der Waals surface area contributed by atoms with Gasteiger partial charge in [-0.15, -0.1) is 0 Å². The van der Waals surface area contributed by atoms with Crippen molar-refractivity contribution in [3.8, 4) is 0 Å². The van der Waals surface area contributed by atoms with E-state index in [1.54, 1.807) is 12.4 Å². The molecule has 5 nitrogen and oxygen atoms in total. The second-order valence-electron chi connectivity index (χ2n) is 5.93. The Morgan fingerprint density at radius 2 is 1.74 bits per heavy atom. The molecular weight excluding hydrogens is 290 g/mol. The maximum atomic E-state index is 11.1. The van der Waals surface area contributed by atoms with Crippen LogP contribution < -0.4 is 5.32 Å². The molecule has 2 N–H and O–H groups in total.